The Hall–Kier alpha value is -9.41. The van der Waals surface area contributed by atoms with Crippen LogP contribution in [-0.2, 0) is 0 Å². The lowest BCUT2D eigenvalue weighted by molar-refractivity contribution is 0.103. The molecule has 0 aliphatic heterocycles. The van der Waals surface area contributed by atoms with E-state index in [1.165, 1.54) is 49.2 Å². The van der Waals surface area contributed by atoms with Crippen LogP contribution in [-0.4, -0.2) is 21.1 Å². The Morgan fingerprint density at radius 3 is 1.61 bits per heavy atom. The van der Waals surface area contributed by atoms with Gasteiger partial charge in [0, 0.05) is 114 Å². The Labute approximate surface area is 458 Å². The van der Waals surface area contributed by atoms with E-state index in [9.17, 15) is 14.0 Å². The van der Waals surface area contributed by atoms with Crippen LogP contribution >= 0.6 is 22.7 Å². The number of para-hydroxylation sites is 4. The van der Waals surface area contributed by atoms with Gasteiger partial charge in [0.1, 0.15) is 28.1 Å². The largest absolute Gasteiger partial charge is 0.456 e. The van der Waals surface area contributed by atoms with Gasteiger partial charge in [-0.3, -0.25) is 9.59 Å². The van der Waals surface area contributed by atoms with E-state index in [4.69, 9.17) is 17.7 Å². The highest BCUT2D eigenvalue weighted by atomic mass is 32.1. The lowest BCUT2D eigenvalue weighted by Gasteiger charge is -2.08. The molecule has 6 aliphatic carbocycles. The maximum absolute atomic E-state index is 14.0. The zero-order valence-electron chi connectivity index (χ0n) is 45.4. The molecule has 1 N–H and O–H groups in total. The number of rotatable bonds is 1. The number of furan rings is 2. The van der Waals surface area contributed by atoms with Gasteiger partial charge in [0.2, 0.25) is 0 Å². The van der Waals surface area contributed by atoms with Crippen LogP contribution in [0, 0.1) is 5.82 Å². The van der Waals surface area contributed by atoms with Gasteiger partial charge >= 0.3 is 0 Å². The highest BCUT2D eigenvalue weighted by molar-refractivity contribution is 7.15. The number of aromatic nitrogens is 2. The van der Waals surface area contributed by atoms with Crippen LogP contribution in [0.25, 0.3) is 136 Å². The quantitative estimate of drug-likeness (QED) is 0.178. The standard InChI is InChI=1S/C33H17NO2S.C18H11NO.C15H7FOS.2CH4.4H2/c35-32-30-19-9-3-1-2-8-18(19)14-24(30)33-31(32)27(17-37-33)34-25-12-6-4-10-20(25)22-15-23-21-11-5-7-13-28(21)36-29(23)16-26(22)34;1-3-7-15-11(5-1)13-9-14-12-6-2-4-8-17(12)20-18(14)10-16(13)19-15;16-11-7-18-15-10-6-8-4-2-1-3-5-9(8)12(10)14(17)13(11)15;;;;;;/h1-17H;1-10,19H;1-7H;2*1H4;4*1H/i;;;;;3*1+1D;1+1. The zero-order valence-corrected chi connectivity index (χ0v) is 41.0. The fraction of sp³-hybridized carbons (Fsp3) is 0.0294. The van der Waals surface area contributed by atoms with E-state index in [2.05, 4.69) is 124 Å². The molecule has 0 amide bonds. The molecule has 0 bridgehead atoms. The summed E-state index contributed by atoms with van der Waals surface area (Å²) >= 11 is 2.96. The number of nitrogens with zero attached hydrogens (tertiary/aromatic N) is 1. The topological polar surface area (TPSA) is 81.1 Å². The van der Waals surface area contributed by atoms with E-state index in [1.54, 1.807) is 11.3 Å². The number of H-pyrrole nitrogens is 1. The number of halogens is 1. The Kier molecular flexibility index (Phi) is 9.65. The van der Waals surface area contributed by atoms with Gasteiger partial charge in [-0.2, -0.15) is 0 Å². The molecule has 18 rings (SSSR count). The summed E-state index contributed by atoms with van der Waals surface area (Å²) in [4.78, 5) is 31.6. The van der Waals surface area contributed by atoms with Crippen LogP contribution < -0.4 is 0 Å². The van der Waals surface area contributed by atoms with E-state index in [-0.39, 0.29) is 33.4 Å². The molecule has 77 heavy (non-hydrogen) atoms. The van der Waals surface area contributed by atoms with Crippen molar-refractivity contribution in [1.82, 2.24) is 9.55 Å². The number of carbonyl (C=O) groups excluding carboxylic acids is 2. The van der Waals surface area contributed by atoms with Crippen LogP contribution in [0.2, 0.25) is 0 Å². The normalized spacial score (nSPS) is 12.6. The number of benzene rings is 6. The number of thiophene rings is 2. The molecular weight excluding hydrogens is 992 g/mol. The molecule has 9 heteroatoms. The maximum atomic E-state index is 14.0. The number of hydrogen-bond donors (Lipinski definition) is 1. The second-order valence-corrected chi connectivity index (χ2v) is 20.9. The van der Waals surface area contributed by atoms with Crippen LogP contribution in [0.4, 0.5) is 4.39 Å². The summed E-state index contributed by atoms with van der Waals surface area (Å²) in [7, 11) is 0. The predicted molar refractivity (Wildman–Crippen MR) is 326 cm³/mol. The van der Waals surface area contributed by atoms with Gasteiger partial charge in [0.05, 0.1) is 33.4 Å². The first kappa shape index (κ1) is 42.9. The van der Waals surface area contributed by atoms with Gasteiger partial charge < -0.3 is 18.4 Å². The van der Waals surface area contributed by atoms with Crippen molar-refractivity contribution in [2.24, 2.45) is 0 Å². The molecule has 6 nitrogen and oxygen atoms in total. The number of aromatic amines is 1. The molecule has 376 valence electrons. The summed E-state index contributed by atoms with van der Waals surface area (Å²) in [6.45, 7) is 0. The summed E-state index contributed by atoms with van der Waals surface area (Å²) in [6.07, 6.45) is 0. The van der Waals surface area contributed by atoms with Crippen molar-refractivity contribution in [3.05, 3.63) is 233 Å². The molecule has 0 radical (unpaired) electrons. The van der Waals surface area contributed by atoms with Crippen LogP contribution in [0.1, 0.15) is 57.0 Å². The average molecular weight is 1050 g/mol. The summed E-state index contributed by atoms with van der Waals surface area (Å²) < 4.78 is 58.1. The second kappa shape index (κ2) is 17.3. The van der Waals surface area contributed by atoms with Gasteiger partial charge in [0.15, 0.2) is 11.6 Å². The summed E-state index contributed by atoms with van der Waals surface area (Å²) in [5.74, 6) is -0.470. The van der Waals surface area contributed by atoms with Gasteiger partial charge in [-0.15, -0.1) is 22.7 Å². The molecular formula is C68H51FN2O4S2. The molecule has 0 saturated carbocycles. The fourth-order valence-corrected chi connectivity index (χ4v) is 13.9. The smallest absolute Gasteiger partial charge is 0.198 e. The Morgan fingerprint density at radius 2 is 0.935 bits per heavy atom. The minimum absolute atomic E-state index is 0. The zero-order chi connectivity index (χ0) is 55.6. The minimum atomic E-state index is -0.398. The van der Waals surface area contributed by atoms with Crippen molar-refractivity contribution in [3.8, 4) is 48.8 Å². The summed E-state index contributed by atoms with van der Waals surface area (Å²) in [5, 5.41) is 13.0. The van der Waals surface area contributed by atoms with Crippen molar-refractivity contribution >= 4 is 122 Å². The fourth-order valence-electron chi connectivity index (χ4n) is 11.9. The van der Waals surface area contributed by atoms with Gasteiger partial charge in [0.25, 0.3) is 0 Å². The monoisotopic (exact) mass is 1050 g/mol. The third-order valence-corrected chi connectivity index (χ3v) is 17.1. The molecule has 0 atom stereocenters. The Bertz CT molecular complexity index is 4990. The summed E-state index contributed by atoms with van der Waals surface area (Å²) in [5.41, 5.74) is 17.5. The SMILES string of the molecule is C.C.O=C1c2c3cccccc-3cc2-c2scc(-n3c4ccccc4c4cc5c(cc43)oc3ccccc35)c21.O=C1c2c3cccccc-3cc2-c2scc(F)c21.[2HH].[2H][2H].[2H][2H].[2H][2H].c1ccc2c(c1)[nH]c1cc3oc4ccccc4c3cc12. The third kappa shape index (κ3) is 6.64. The number of hydrogen-bond acceptors (Lipinski definition) is 6. The lowest BCUT2D eigenvalue weighted by atomic mass is 10.0. The molecule has 6 aromatic heterocycles. The molecule has 0 unspecified atom stereocenters. The average Bonchev–Trinajstić information content (AvgIpc) is 1.87. The molecule has 12 aromatic rings. The van der Waals surface area contributed by atoms with Crippen molar-refractivity contribution < 1.29 is 33.1 Å². The van der Waals surface area contributed by atoms with Crippen LogP contribution in [0.3, 0.4) is 0 Å². The first-order valence-corrected chi connectivity index (χ1v) is 26.4. The van der Waals surface area contributed by atoms with Crippen LogP contribution in [0.15, 0.2) is 214 Å². The highest BCUT2D eigenvalue weighted by Gasteiger charge is 2.38. The first-order chi connectivity index (χ1) is 39.9. The molecule has 0 fully saturated rings. The van der Waals surface area contributed by atoms with E-state index in [1.807, 2.05) is 84.9 Å². The van der Waals surface area contributed by atoms with E-state index < -0.39 is 5.82 Å². The van der Waals surface area contributed by atoms with Gasteiger partial charge in [-0.1, -0.05) is 148 Å². The van der Waals surface area contributed by atoms with Crippen molar-refractivity contribution in [3.63, 3.8) is 0 Å². The molecule has 6 heterocycles. The molecule has 0 spiro atoms. The lowest BCUT2D eigenvalue weighted by Crippen LogP contribution is -2.02. The van der Waals surface area contributed by atoms with Gasteiger partial charge in [-0.25, -0.2) is 4.39 Å². The van der Waals surface area contributed by atoms with Crippen molar-refractivity contribution in [1.29, 1.82) is 0 Å². The third-order valence-electron chi connectivity index (χ3n) is 15.2. The Morgan fingerprint density at radius 1 is 0.416 bits per heavy atom. The number of fused-ring (bicyclic) bond motifs is 22. The Balaban J connectivity index is 0.000000143. The minimum Gasteiger partial charge on any atom is -0.456 e. The summed E-state index contributed by atoms with van der Waals surface area (Å²) in [6, 6.07) is 65.9. The van der Waals surface area contributed by atoms with E-state index in [0.29, 0.717) is 5.56 Å². The molecule has 0 saturated heterocycles. The number of nitrogens with one attached hydrogen (secondary N) is 1. The predicted octanol–water partition coefficient (Wildman–Crippen LogP) is 20.7. The number of ketones is 2. The number of carbonyl (C=O) groups is 2. The van der Waals surface area contributed by atoms with E-state index >= 15 is 0 Å². The molecule has 6 aromatic carbocycles. The second-order valence-electron chi connectivity index (χ2n) is 19.2. The molecule has 6 aliphatic rings. The highest BCUT2D eigenvalue weighted by Crippen LogP contribution is 2.52. The van der Waals surface area contributed by atoms with Crippen LogP contribution in [0.5, 0.6) is 0 Å². The van der Waals surface area contributed by atoms with Crippen molar-refractivity contribution in [2.45, 2.75) is 14.9 Å². The maximum Gasteiger partial charge on any atom is 0.198 e. The van der Waals surface area contributed by atoms with Crippen molar-refractivity contribution in [2.75, 3.05) is 0 Å². The van der Waals surface area contributed by atoms with Gasteiger partial charge in [-0.05, 0) is 70.8 Å². The first-order valence-electron chi connectivity index (χ1n) is 27.6. The van der Waals surface area contributed by atoms with E-state index in [0.717, 1.165) is 115 Å².